The Morgan fingerprint density at radius 3 is 2.38 bits per heavy atom. The van der Waals surface area contributed by atoms with Gasteiger partial charge in [0, 0.05) is 19.0 Å². The second kappa shape index (κ2) is 13.8. The number of carbonyl (C=O) groups is 2. The number of nitrogens with one attached hydrogen (secondary N) is 1. The van der Waals surface area contributed by atoms with Gasteiger partial charge in [-0.3, -0.25) is 9.59 Å². The number of aryl methyl sites for hydroxylation is 2. The average molecular weight is 529 g/mol. The lowest BCUT2D eigenvalue weighted by Crippen LogP contribution is -2.53. The smallest absolute Gasteiger partial charge is 0.261 e. The van der Waals surface area contributed by atoms with Crippen LogP contribution in [0.2, 0.25) is 0 Å². The van der Waals surface area contributed by atoms with Crippen molar-refractivity contribution in [2.75, 3.05) is 13.7 Å². The lowest BCUT2D eigenvalue weighted by atomic mass is 9.94. The molecule has 0 unspecified atom stereocenters. The van der Waals surface area contributed by atoms with Crippen LogP contribution >= 0.6 is 0 Å². The number of hydrogen-bond acceptors (Lipinski definition) is 4. The summed E-state index contributed by atoms with van der Waals surface area (Å²) in [5, 5.41) is 3.27. The summed E-state index contributed by atoms with van der Waals surface area (Å²) in [5.41, 5.74) is 3.99. The van der Waals surface area contributed by atoms with Crippen LogP contribution in [0.5, 0.6) is 11.5 Å². The number of ether oxygens (including phenoxy) is 2. The van der Waals surface area contributed by atoms with Crippen LogP contribution in [0, 0.1) is 13.8 Å². The third kappa shape index (κ3) is 8.09. The molecule has 0 aliphatic heterocycles. The molecular formula is C33H40N2O4. The Hall–Kier alpha value is -3.80. The van der Waals surface area contributed by atoms with Crippen molar-refractivity contribution in [3.05, 3.63) is 95.1 Å². The average Bonchev–Trinajstić information content (AvgIpc) is 2.95. The topological polar surface area (TPSA) is 67.9 Å². The third-order valence-corrected chi connectivity index (χ3v) is 7.39. The molecule has 6 nitrogen and oxygen atoms in total. The number of carbonyl (C=O) groups excluding carboxylic acids is 2. The van der Waals surface area contributed by atoms with Crippen LogP contribution in [0.25, 0.3) is 0 Å². The van der Waals surface area contributed by atoms with E-state index in [1.54, 1.807) is 12.0 Å². The van der Waals surface area contributed by atoms with Crippen LogP contribution in [-0.4, -0.2) is 42.5 Å². The van der Waals surface area contributed by atoms with E-state index in [1.807, 2.05) is 86.6 Å². The number of methoxy groups -OCH3 is 1. The van der Waals surface area contributed by atoms with Crippen molar-refractivity contribution in [3.63, 3.8) is 0 Å². The van der Waals surface area contributed by atoms with Gasteiger partial charge in [-0.15, -0.1) is 0 Å². The van der Waals surface area contributed by atoms with E-state index < -0.39 is 6.04 Å². The molecule has 39 heavy (non-hydrogen) atoms. The monoisotopic (exact) mass is 528 g/mol. The van der Waals surface area contributed by atoms with Crippen LogP contribution in [-0.2, 0) is 22.6 Å². The Labute approximate surface area is 232 Å². The van der Waals surface area contributed by atoms with Gasteiger partial charge in [-0.25, -0.2) is 0 Å². The van der Waals surface area contributed by atoms with Gasteiger partial charge >= 0.3 is 0 Å². The van der Waals surface area contributed by atoms with Gasteiger partial charge in [0.05, 0.1) is 7.11 Å². The van der Waals surface area contributed by atoms with Crippen molar-refractivity contribution < 1.29 is 19.1 Å². The van der Waals surface area contributed by atoms with Gasteiger partial charge in [0.1, 0.15) is 17.5 Å². The molecule has 1 N–H and O–H groups in total. The van der Waals surface area contributed by atoms with E-state index in [2.05, 4.69) is 5.32 Å². The summed E-state index contributed by atoms with van der Waals surface area (Å²) in [4.78, 5) is 29.4. The summed E-state index contributed by atoms with van der Waals surface area (Å²) in [6, 6.07) is 22.9. The molecular weight excluding hydrogens is 488 g/mol. The predicted octanol–water partition coefficient (Wildman–Crippen LogP) is 5.78. The molecule has 1 aliphatic rings. The molecule has 0 radical (unpaired) electrons. The number of rotatable bonds is 11. The largest absolute Gasteiger partial charge is 0.497 e. The molecule has 0 bridgehead atoms. The Kier molecular flexibility index (Phi) is 10.0. The van der Waals surface area contributed by atoms with Gasteiger partial charge in [-0.1, -0.05) is 79.4 Å². The second-order valence-electron chi connectivity index (χ2n) is 10.5. The van der Waals surface area contributed by atoms with Crippen LogP contribution in [0.1, 0.15) is 54.4 Å². The highest BCUT2D eigenvalue weighted by Crippen LogP contribution is 2.22. The summed E-state index contributed by atoms with van der Waals surface area (Å²) >= 11 is 0. The zero-order chi connectivity index (χ0) is 27.6. The number of hydrogen-bond donors (Lipinski definition) is 1. The first-order valence-electron chi connectivity index (χ1n) is 13.9. The van der Waals surface area contributed by atoms with Crippen LogP contribution in [0.4, 0.5) is 0 Å². The Balaban J connectivity index is 1.63. The molecule has 0 spiro atoms. The van der Waals surface area contributed by atoms with E-state index in [9.17, 15) is 9.59 Å². The maximum atomic E-state index is 13.9. The second-order valence-corrected chi connectivity index (χ2v) is 10.5. The van der Waals surface area contributed by atoms with E-state index in [4.69, 9.17) is 9.47 Å². The molecule has 4 rings (SSSR count). The van der Waals surface area contributed by atoms with E-state index in [0.29, 0.717) is 17.9 Å². The number of nitrogens with zero attached hydrogens (tertiary/aromatic N) is 1. The minimum atomic E-state index is -0.684. The number of amides is 2. The molecule has 0 saturated heterocycles. The molecule has 3 aromatic carbocycles. The molecule has 6 heteroatoms. The Morgan fingerprint density at radius 1 is 0.923 bits per heavy atom. The first-order chi connectivity index (χ1) is 18.9. The lowest BCUT2D eigenvalue weighted by Gasteiger charge is -2.33. The van der Waals surface area contributed by atoms with E-state index in [-0.39, 0.29) is 31.0 Å². The number of benzene rings is 3. The fraction of sp³-hybridized carbons (Fsp3) is 0.394. The summed E-state index contributed by atoms with van der Waals surface area (Å²) in [5.74, 6) is 1.02. The van der Waals surface area contributed by atoms with Gasteiger partial charge in [0.2, 0.25) is 5.91 Å². The zero-order valence-corrected chi connectivity index (χ0v) is 23.3. The van der Waals surface area contributed by atoms with Gasteiger partial charge in [0.25, 0.3) is 5.91 Å². The fourth-order valence-electron chi connectivity index (χ4n) is 5.25. The maximum absolute atomic E-state index is 13.9. The van der Waals surface area contributed by atoms with Crippen molar-refractivity contribution in [1.29, 1.82) is 0 Å². The molecule has 1 aliphatic carbocycles. The van der Waals surface area contributed by atoms with Crippen molar-refractivity contribution in [2.24, 2.45) is 0 Å². The lowest BCUT2D eigenvalue weighted by molar-refractivity contribution is -0.143. The van der Waals surface area contributed by atoms with Crippen LogP contribution in [0.3, 0.4) is 0 Å². The molecule has 0 heterocycles. The first kappa shape index (κ1) is 28.2. The minimum absolute atomic E-state index is 0.117. The third-order valence-electron chi connectivity index (χ3n) is 7.39. The molecule has 2 amide bonds. The highest BCUT2D eigenvalue weighted by atomic mass is 16.5. The summed E-state index contributed by atoms with van der Waals surface area (Å²) in [6.07, 6.45) is 5.80. The Bertz CT molecular complexity index is 1240. The molecule has 1 fully saturated rings. The van der Waals surface area contributed by atoms with Crippen molar-refractivity contribution in [1.82, 2.24) is 10.2 Å². The highest BCUT2D eigenvalue weighted by Gasteiger charge is 2.32. The van der Waals surface area contributed by atoms with E-state index in [1.165, 1.54) is 6.42 Å². The van der Waals surface area contributed by atoms with Crippen molar-refractivity contribution >= 4 is 11.8 Å². The van der Waals surface area contributed by atoms with Crippen LogP contribution in [0.15, 0.2) is 72.8 Å². The van der Waals surface area contributed by atoms with Crippen molar-refractivity contribution in [3.8, 4) is 11.5 Å². The standard InChI is InChI=1S/C33H40N2O4/c1-24-17-18-31(25(2)19-24)39-23-32(36)35(22-27-13-10-16-29(20-27)38-3)30(21-26-11-6-4-7-12-26)33(37)34-28-14-8-5-9-15-28/h4,6-7,10-13,16-20,28,30H,5,8-9,14-15,21-23H2,1-3H3,(H,34,37)/t30-/m1/s1. The molecule has 3 aromatic rings. The summed E-state index contributed by atoms with van der Waals surface area (Å²) in [7, 11) is 1.62. The van der Waals surface area contributed by atoms with E-state index in [0.717, 1.165) is 47.9 Å². The van der Waals surface area contributed by atoms with E-state index >= 15 is 0 Å². The molecule has 0 aromatic heterocycles. The molecule has 206 valence electrons. The molecule has 1 saturated carbocycles. The maximum Gasteiger partial charge on any atom is 0.261 e. The zero-order valence-electron chi connectivity index (χ0n) is 23.3. The van der Waals surface area contributed by atoms with Gasteiger partial charge in [-0.05, 0) is 61.6 Å². The molecule has 1 atom stereocenters. The summed E-state index contributed by atoms with van der Waals surface area (Å²) < 4.78 is 11.4. The predicted molar refractivity (Wildman–Crippen MR) is 154 cm³/mol. The highest BCUT2D eigenvalue weighted by molar-refractivity contribution is 5.88. The quantitative estimate of drug-likeness (QED) is 0.343. The summed E-state index contributed by atoms with van der Waals surface area (Å²) in [6.45, 7) is 4.10. The fourth-order valence-corrected chi connectivity index (χ4v) is 5.25. The van der Waals surface area contributed by atoms with Gasteiger partial charge < -0.3 is 19.7 Å². The van der Waals surface area contributed by atoms with Crippen molar-refractivity contribution in [2.45, 2.75) is 71.0 Å². The van der Waals surface area contributed by atoms with Crippen LogP contribution < -0.4 is 14.8 Å². The van der Waals surface area contributed by atoms with Gasteiger partial charge in [-0.2, -0.15) is 0 Å². The van der Waals surface area contributed by atoms with Gasteiger partial charge in [0.15, 0.2) is 6.61 Å². The normalized spacial score (nSPS) is 14.3. The Morgan fingerprint density at radius 2 is 1.67 bits per heavy atom. The SMILES string of the molecule is COc1cccc(CN(C(=O)COc2ccc(C)cc2C)[C@H](Cc2ccccc2)C(=O)NC2CCCCC2)c1. The first-order valence-corrected chi connectivity index (χ1v) is 13.9. The minimum Gasteiger partial charge on any atom is -0.497 e.